The van der Waals surface area contributed by atoms with E-state index in [1.54, 1.807) is 0 Å². The topological polar surface area (TPSA) is 52.3 Å². The van der Waals surface area contributed by atoms with Gasteiger partial charge in [0.1, 0.15) is 0 Å². The van der Waals surface area contributed by atoms with Crippen molar-refractivity contribution in [1.82, 2.24) is 0 Å². The zero-order valence-corrected chi connectivity index (χ0v) is 13.3. The molecule has 20 heavy (non-hydrogen) atoms. The quantitative estimate of drug-likeness (QED) is 0.635. The molecule has 0 atom stereocenters. The number of nitrogen functional groups attached to an aromatic ring is 1. The molecule has 0 fully saturated rings. The van der Waals surface area contributed by atoms with Gasteiger partial charge in [-0.05, 0) is 54.9 Å². The van der Waals surface area contributed by atoms with E-state index in [0.29, 0.717) is 24.0 Å². The highest BCUT2D eigenvalue weighted by Crippen LogP contribution is 2.26. The van der Waals surface area contributed by atoms with Gasteiger partial charge < -0.3 is 10.5 Å². The minimum atomic E-state index is -0.262. The van der Waals surface area contributed by atoms with Gasteiger partial charge in [-0.2, -0.15) is 0 Å². The summed E-state index contributed by atoms with van der Waals surface area (Å²) in [5.41, 5.74) is 9.84. The van der Waals surface area contributed by atoms with Crippen LogP contribution in [0.15, 0.2) is 12.1 Å². The van der Waals surface area contributed by atoms with E-state index >= 15 is 0 Å². The molecule has 1 aromatic carbocycles. The summed E-state index contributed by atoms with van der Waals surface area (Å²) in [7, 11) is 0. The summed E-state index contributed by atoms with van der Waals surface area (Å²) in [6, 6.07) is 3.77. The Bertz CT molecular complexity index is 433. The Kier molecular flexibility index (Phi) is 6.05. The average molecular weight is 277 g/mol. The maximum Gasteiger partial charge on any atom is 0.338 e. The van der Waals surface area contributed by atoms with Crippen molar-refractivity contribution in [1.29, 1.82) is 0 Å². The van der Waals surface area contributed by atoms with Gasteiger partial charge in [0.15, 0.2) is 0 Å². The number of hydrogen-bond acceptors (Lipinski definition) is 3. The van der Waals surface area contributed by atoms with Gasteiger partial charge in [0.2, 0.25) is 0 Å². The Labute approximate surface area is 122 Å². The summed E-state index contributed by atoms with van der Waals surface area (Å²) in [6.45, 7) is 10.8. The molecule has 1 rings (SSSR count). The minimum absolute atomic E-state index is 0.262. The predicted octanol–water partition coefficient (Wildman–Crippen LogP) is 3.84. The van der Waals surface area contributed by atoms with Crippen molar-refractivity contribution in [2.24, 2.45) is 11.8 Å². The number of nitrogens with two attached hydrogens (primary N) is 1. The third-order valence-electron chi connectivity index (χ3n) is 3.12. The van der Waals surface area contributed by atoms with E-state index in [4.69, 9.17) is 10.5 Å². The second kappa shape index (κ2) is 7.32. The lowest BCUT2D eigenvalue weighted by Crippen LogP contribution is -2.11. The summed E-state index contributed by atoms with van der Waals surface area (Å²) in [4.78, 5) is 12.0. The van der Waals surface area contributed by atoms with Crippen LogP contribution in [-0.2, 0) is 17.6 Å². The highest BCUT2D eigenvalue weighted by Gasteiger charge is 2.15. The van der Waals surface area contributed by atoms with E-state index < -0.39 is 0 Å². The smallest absolute Gasteiger partial charge is 0.338 e. The van der Waals surface area contributed by atoms with E-state index in [1.807, 2.05) is 19.1 Å². The first kappa shape index (κ1) is 16.5. The van der Waals surface area contributed by atoms with Gasteiger partial charge in [-0.15, -0.1) is 0 Å². The van der Waals surface area contributed by atoms with E-state index in [-0.39, 0.29) is 5.97 Å². The van der Waals surface area contributed by atoms with Crippen LogP contribution < -0.4 is 5.73 Å². The summed E-state index contributed by atoms with van der Waals surface area (Å²) in [5, 5.41) is 0. The molecule has 0 aliphatic heterocycles. The van der Waals surface area contributed by atoms with E-state index in [9.17, 15) is 4.79 Å². The van der Waals surface area contributed by atoms with Crippen LogP contribution in [0, 0.1) is 11.8 Å². The fraction of sp³-hybridized carbons (Fsp3) is 0.588. The fourth-order valence-electron chi connectivity index (χ4n) is 2.33. The molecule has 112 valence electrons. The summed E-state index contributed by atoms with van der Waals surface area (Å²) in [5.74, 6) is 0.741. The van der Waals surface area contributed by atoms with Crippen LogP contribution in [0.3, 0.4) is 0 Å². The van der Waals surface area contributed by atoms with Crippen LogP contribution in [-0.4, -0.2) is 12.6 Å². The first-order valence-electron chi connectivity index (χ1n) is 7.43. The monoisotopic (exact) mass is 277 g/mol. The molecule has 0 spiro atoms. The SMILES string of the molecule is CCOC(=O)c1cc(CC(C)C)c(N)c(CC(C)C)c1. The lowest BCUT2D eigenvalue weighted by Gasteiger charge is -2.16. The lowest BCUT2D eigenvalue weighted by molar-refractivity contribution is 0.0526. The second-order valence-electron chi connectivity index (χ2n) is 6.12. The Morgan fingerprint density at radius 2 is 1.55 bits per heavy atom. The van der Waals surface area contributed by atoms with Gasteiger partial charge in [0.25, 0.3) is 0 Å². The zero-order valence-electron chi connectivity index (χ0n) is 13.3. The minimum Gasteiger partial charge on any atom is -0.462 e. The number of carbonyl (C=O) groups is 1. The van der Waals surface area contributed by atoms with Gasteiger partial charge in [-0.3, -0.25) is 0 Å². The van der Waals surface area contributed by atoms with Crippen molar-refractivity contribution in [3.8, 4) is 0 Å². The van der Waals surface area contributed by atoms with Crippen molar-refractivity contribution in [3.05, 3.63) is 28.8 Å². The van der Waals surface area contributed by atoms with E-state index in [2.05, 4.69) is 27.7 Å². The van der Waals surface area contributed by atoms with Crippen molar-refractivity contribution in [2.75, 3.05) is 12.3 Å². The molecule has 1 aromatic rings. The number of hydrogen-bond donors (Lipinski definition) is 1. The number of benzene rings is 1. The van der Waals surface area contributed by atoms with Gasteiger partial charge >= 0.3 is 5.97 Å². The largest absolute Gasteiger partial charge is 0.462 e. The van der Waals surface area contributed by atoms with Crippen LogP contribution >= 0.6 is 0 Å². The molecule has 0 heterocycles. The average Bonchev–Trinajstić information content (AvgIpc) is 2.33. The fourth-order valence-corrected chi connectivity index (χ4v) is 2.33. The first-order chi connectivity index (χ1) is 9.35. The molecule has 0 bridgehead atoms. The molecular formula is C17H27NO2. The third kappa shape index (κ3) is 4.55. The molecule has 2 N–H and O–H groups in total. The van der Waals surface area contributed by atoms with Crippen molar-refractivity contribution < 1.29 is 9.53 Å². The number of ether oxygens (including phenoxy) is 1. The van der Waals surface area contributed by atoms with Gasteiger partial charge in [0.05, 0.1) is 12.2 Å². The summed E-state index contributed by atoms with van der Waals surface area (Å²) >= 11 is 0. The van der Waals surface area contributed by atoms with Crippen LogP contribution in [0.1, 0.15) is 56.1 Å². The Balaban J connectivity index is 3.21. The lowest BCUT2D eigenvalue weighted by atomic mass is 9.92. The number of esters is 1. The molecule has 0 saturated carbocycles. The molecule has 0 aliphatic carbocycles. The Morgan fingerprint density at radius 1 is 1.10 bits per heavy atom. The van der Waals surface area contributed by atoms with Crippen molar-refractivity contribution >= 4 is 11.7 Å². The molecule has 0 saturated heterocycles. The Hall–Kier alpha value is -1.51. The standard InChI is InChI=1S/C17H27NO2/c1-6-20-17(19)15-9-13(7-11(2)3)16(18)14(10-15)8-12(4)5/h9-12H,6-8,18H2,1-5H3. The maximum atomic E-state index is 12.0. The highest BCUT2D eigenvalue weighted by molar-refractivity contribution is 5.90. The maximum absolute atomic E-state index is 12.0. The van der Waals surface area contributed by atoms with Gasteiger partial charge in [-0.1, -0.05) is 27.7 Å². The summed E-state index contributed by atoms with van der Waals surface area (Å²) in [6.07, 6.45) is 1.76. The van der Waals surface area contributed by atoms with Crippen molar-refractivity contribution in [2.45, 2.75) is 47.5 Å². The van der Waals surface area contributed by atoms with Crippen molar-refractivity contribution in [3.63, 3.8) is 0 Å². The number of carbonyl (C=O) groups excluding carboxylic acids is 1. The number of anilines is 1. The van der Waals surface area contributed by atoms with E-state index in [1.165, 1.54) is 0 Å². The molecule has 3 nitrogen and oxygen atoms in total. The Morgan fingerprint density at radius 3 is 1.90 bits per heavy atom. The van der Waals surface area contributed by atoms with E-state index in [0.717, 1.165) is 29.7 Å². The molecule has 0 unspecified atom stereocenters. The van der Waals surface area contributed by atoms with Gasteiger partial charge in [-0.25, -0.2) is 4.79 Å². The molecule has 0 aliphatic rings. The van der Waals surface area contributed by atoms with Crippen LogP contribution in [0.5, 0.6) is 0 Å². The van der Waals surface area contributed by atoms with Gasteiger partial charge in [0, 0.05) is 5.69 Å². The zero-order chi connectivity index (χ0) is 15.3. The predicted molar refractivity (Wildman–Crippen MR) is 83.9 cm³/mol. The third-order valence-corrected chi connectivity index (χ3v) is 3.12. The van der Waals surface area contributed by atoms with Crippen LogP contribution in [0.2, 0.25) is 0 Å². The highest BCUT2D eigenvalue weighted by atomic mass is 16.5. The molecule has 3 heteroatoms. The molecule has 0 amide bonds. The molecule has 0 aromatic heterocycles. The number of rotatable bonds is 6. The molecular weight excluding hydrogens is 250 g/mol. The van der Waals surface area contributed by atoms with Crippen LogP contribution in [0.25, 0.3) is 0 Å². The molecule has 0 radical (unpaired) electrons. The first-order valence-corrected chi connectivity index (χ1v) is 7.43. The summed E-state index contributed by atoms with van der Waals surface area (Å²) < 4.78 is 5.11. The van der Waals surface area contributed by atoms with Crippen LogP contribution in [0.4, 0.5) is 5.69 Å². The second-order valence-corrected chi connectivity index (χ2v) is 6.12. The normalized spacial score (nSPS) is 11.2.